The van der Waals surface area contributed by atoms with E-state index in [1.54, 1.807) is 11.2 Å². The molecule has 0 radical (unpaired) electrons. The summed E-state index contributed by atoms with van der Waals surface area (Å²) in [5.41, 5.74) is 0.634. The van der Waals surface area contributed by atoms with Gasteiger partial charge in [-0.25, -0.2) is 9.78 Å². The Morgan fingerprint density at radius 1 is 1.60 bits per heavy atom. The van der Waals surface area contributed by atoms with Gasteiger partial charge < -0.3 is 14.2 Å². The average Bonchev–Trinajstić information content (AvgIpc) is 2.94. The smallest absolute Gasteiger partial charge is 0.410 e. The number of rotatable bonds is 2. The van der Waals surface area contributed by atoms with Gasteiger partial charge in [-0.05, 0) is 27.2 Å². The summed E-state index contributed by atoms with van der Waals surface area (Å²) in [4.78, 5) is 17.9. The molecular weight excluding hydrogens is 254 g/mol. The number of amides is 1. The summed E-state index contributed by atoms with van der Waals surface area (Å²) in [5, 5.41) is 0. The van der Waals surface area contributed by atoms with Crippen LogP contribution in [0.5, 0.6) is 0 Å². The Labute approximate surface area is 119 Å². The van der Waals surface area contributed by atoms with Crippen molar-refractivity contribution < 1.29 is 9.53 Å². The number of hydrogen-bond donors (Lipinski definition) is 0. The molecule has 1 fully saturated rings. The molecule has 1 aromatic rings. The zero-order valence-electron chi connectivity index (χ0n) is 12.3. The van der Waals surface area contributed by atoms with Gasteiger partial charge in [-0.2, -0.15) is 0 Å². The molecule has 0 aromatic carbocycles. The van der Waals surface area contributed by atoms with Crippen LogP contribution in [0, 0.1) is 12.3 Å². The Hall–Kier alpha value is -1.96. The second-order valence-corrected chi connectivity index (χ2v) is 6.06. The highest BCUT2D eigenvalue weighted by Gasteiger charge is 2.31. The summed E-state index contributed by atoms with van der Waals surface area (Å²) < 4.78 is 7.36. The van der Waals surface area contributed by atoms with Crippen LogP contribution in [-0.4, -0.2) is 39.2 Å². The number of nitrogens with zero attached hydrogens (tertiary/aromatic N) is 3. The maximum Gasteiger partial charge on any atom is 0.410 e. The topological polar surface area (TPSA) is 47.4 Å². The minimum atomic E-state index is -0.458. The van der Waals surface area contributed by atoms with Crippen molar-refractivity contribution in [2.75, 3.05) is 13.1 Å². The molecule has 5 heteroatoms. The van der Waals surface area contributed by atoms with Crippen LogP contribution in [0.25, 0.3) is 0 Å². The molecule has 0 bridgehead atoms. The zero-order valence-corrected chi connectivity index (χ0v) is 12.3. The molecule has 0 spiro atoms. The molecule has 1 unspecified atom stereocenters. The van der Waals surface area contributed by atoms with Crippen LogP contribution in [0.1, 0.15) is 38.8 Å². The van der Waals surface area contributed by atoms with Crippen molar-refractivity contribution in [3.63, 3.8) is 0 Å². The lowest BCUT2D eigenvalue weighted by atomic mass is 10.1. The van der Waals surface area contributed by atoms with Crippen molar-refractivity contribution >= 4 is 6.09 Å². The van der Waals surface area contributed by atoms with Gasteiger partial charge >= 0.3 is 6.09 Å². The third kappa shape index (κ3) is 3.32. The summed E-state index contributed by atoms with van der Waals surface area (Å²) in [7, 11) is 0. The Balaban J connectivity index is 2.00. The summed E-state index contributed by atoms with van der Waals surface area (Å²) in [6, 6.07) is 0. The van der Waals surface area contributed by atoms with Gasteiger partial charge in [-0.3, -0.25) is 0 Å². The van der Waals surface area contributed by atoms with Gasteiger partial charge in [-0.1, -0.05) is 5.92 Å². The van der Waals surface area contributed by atoms with Crippen LogP contribution >= 0.6 is 0 Å². The van der Waals surface area contributed by atoms with Crippen LogP contribution in [0.4, 0.5) is 4.79 Å². The number of imidazole rings is 1. The highest BCUT2D eigenvalue weighted by atomic mass is 16.6. The number of hydrogen-bond acceptors (Lipinski definition) is 3. The van der Waals surface area contributed by atoms with Gasteiger partial charge in [0.2, 0.25) is 0 Å². The number of terminal acetylenes is 1. The summed E-state index contributed by atoms with van der Waals surface area (Å²) >= 11 is 0. The van der Waals surface area contributed by atoms with Crippen molar-refractivity contribution in [1.82, 2.24) is 14.5 Å². The van der Waals surface area contributed by atoms with Crippen LogP contribution in [0.15, 0.2) is 12.5 Å². The van der Waals surface area contributed by atoms with Gasteiger partial charge in [0.1, 0.15) is 5.60 Å². The predicted octanol–water partition coefficient (Wildman–Crippen LogP) is 2.24. The lowest BCUT2D eigenvalue weighted by Crippen LogP contribution is -2.35. The second-order valence-electron chi connectivity index (χ2n) is 6.06. The number of likely N-dealkylation sites (tertiary alicyclic amines) is 1. The number of ether oxygens (including phenoxy) is 1. The molecule has 2 heterocycles. The summed E-state index contributed by atoms with van der Waals surface area (Å²) in [6.45, 7) is 7.51. The third-order valence-corrected chi connectivity index (χ3v) is 3.26. The van der Waals surface area contributed by atoms with Gasteiger partial charge in [0, 0.05) is 30.9 Å². The fourth-order valence-corrected chi connectivity index (χ4v) is 2.40. The molecule has 1 saturated heterocycles. The number of aromatic nitrogens is 2. The van der Waals surface area contributed by atoms with Crippen LogP contribution in [0.3, 0.4) is 0 Å². The van der Waals surface area contributed by atoms with E-state index in [2.05, 4.69) is 10.9 Å². The van der Waals surface area contributed by atoms with Crippen molar-refractivity contribution in [3.8, 4) is 12.3 Å². The molecule has 1 atom stereocenters. The summed E-state index contributed by atoms with van der Waals surface area (Å²) in [5.74, 6) is 2.89. The van der Waals surface area contributed by atoms with E-state index in [0.717, 1.165) is 12.1 Å². The molecule has 1 aliphatic rings. The monoisotopic (exact) mass is 275 g/mol. The van der Waals surface area contributed by atoms with Crippen LogP contribution in [0.2, 0.25) is 0 Å². The second kappa shape index (κ2) is 5.58. The number of carbonyl (C=O) groups is 1. The summed E-state index contributed by atoms with van der Waals surface area (Å²) in [6.07, 6.45) is 9.59. The van der Waals surface area contributed by atoms with E-state index in [1.165, 1.54) is 0 Å². The van der Waals surface area contributed by atoms with Crippen LogP contribution < -0.4 is 0 Å². The molecule has 108 valence electrons. The first-order valence-electron chi connectivity index (χ1n) is 6.82. The van der Waals surface area contributed by atoms with Crippen molar-refractivity contribution in [2.45, 2.75) is 45.3 Å². The molecule has 1 amide bonds. The highest BCUT2D eigenvalue weighted by molar-refractivity contribution is 5.68. The van der Waals surface area contributed by atoms with Gasteiger partial charge in [0.05, 0.1) is 12.9 Å². The first kappa shape index (κ1) is 14.4. The van der Waals surface area contributed by atoms with Crippen molar-refractivity contribution in [1.29, 1.82) is 0 Å². The van der Waals surface area contributed by atoms with E-state index in [4.69, 9.17) is 11.2 Å². The fourth-order valence-electron chi connectivity index (χ4n) is 2.40. The molecule has 1 aromatic heterocycles. The van der Waals surface area contributed by atoms with E-state index in [9.17, 15) is 4.79 Å². The normalized spacial score (nSPS) is 18.9. The van der Waals surface area contributed by atoms with E-state index in [-0.39, 0.29) is 12.0 Å². The largest absolute Gasteiger partial charge is 0.444 e. The first-order chi connectivity index (χ1) is 9.40. The van der Waals surface area contributed by atoms with Crippen LogP contribution in [-0.2, 0) is 11.3 Å². The molecule has 5 nitrogen and oxygen atoms in total. The maximum absolute atomic E-state index is 12.0. The Bertz CT molecular complexity index is 522. The van der Waals surface area contributed by atoms with E-state index < -0.39 is 5.60 Å². The highest BCUT2D eigenvalue weighted by Crippen LogP contribution is 2.28. The molecular formula is C15H21N3O2. The van der Waals surface area contributed by atoms with Crippen molar-refractivity contribution in [3.05, 3.63) is 18.2 Å². The minimum Gasteiger partial charge on any atom is -0.444 e. The molecule has 0 saturated carbocycles. The number of carbonyl (C=O) groups excluding carboxylic acids is 1. The van der Waals surface area contributed by atoms with Gasteiger partial charge in [-0.15, -0.1) is 6.42 Å². The lowest BCUT2D eigenvalue weighted by Gasteiger charge is -2.24. The zero-order chi connectivity index (χ0) is 14.8. The minimum absolute atomic E-state index is 0.247. The standard InChI is InChI=1S/C15H21N3O2/c1-5-7-18-11-16-9-13(18)12-6-8-17(10-12)14(19)20-15(2,3)4/h1,9,11-12H,6-8,10H2,2-4H3. The molecule has 1 aliphatic heterocycles. The molecule has 20 heavy (non-hydrogen) atoms. The van der Waals surface area contributed by atoms with E-state index >= 15 is 0 Å². The predicted molar refractivity (Wildman–Crippen MR) is 76.2 cm³/mol. The first-order valence-corrected chi connectivity index (χ1v) is 6.82. The molecule has 0 N–H and O–H groups in total. The van der Waals surface area contributed by atoms with E-state index in [0.29, 0.717) is 19.6 Å². The fraction of sp³-hybridized carbons (Fsp3) is 0.600. The van der Waals surface area contributed by atoms with Gasteiger partial charge in [0.25, 0.3) is 0 Å². The van der Waals surface area contributed by atoms with E-state index in [1.807, 2.05) is 31.5 Å². The maximum atomic E-state index is 12.0. The average molecular weight is 275 g/mol. The molecule has 2 rings (SSSR count). The van der Waals surface area contributed by atoms with Crippen molar-refractivity contribution in [2.24, 2.45) is 0 Å². The third-order valence-electron chi connectivity index (χ3n) is 3.26. The van der Waals surface area contributed by atoms with Gasteiger partial charge in [0.15, 0.2) is 0 Å². The Morgan fingerprint density at radius 3 is 3.00 bits per heavy atom. The lowest BCUT2D eigenvalue weighted by molar-refractivity contribution is 0.0292. The Kier molecular flexibility index (Phi) is 4.03. The quantitative estimate of drug-likeness (QED) is 0.778. The molecule has 0 aliphatic carbocycles. The SMILES string of the molecule is C#CCn1cncc1C1CCN(C(=O)OC(C)(C)C)C1. The Morgan fingerprint density at radius 2 is 2.35 bits per heavy atom.